The number of nitrogens with two attached hydrogens (primary N) is 1. The standard InChI is InChI=1S/C5H9F3N2O/c1-3(11)10-4(2-9)5(6,7)8/h4H,2,9H2,1H3,(H,10,11). The molecule has 0 spiro atoms. The molecule has 1 amide bonds. The second-order valence-electron chi connectivity index (χ2n) is 2.03. The molecule has 0 bridgehead atoms. The van der Waals surface area contributed by atoms with Gasteiger partial charge in [-0.25, -0.2) is 0 Å². The van der Waals surface area contributed by atoms with Crippen LogP contribution in [0.2, 0.25) is 0 Å². The van der Waals surface area contributed by atoms with Crippen LogP contribution in [0.15, 0.2) is 0 Å². The Balaban J connectivity index is 4.07. The molecule has 1 unspecified atom stereocenters. The van der Waals surface area contributed by atoms with Gasteiger partial charge >= 0.3 is 6.18 Å². The van der Waals surface area contributed by atoms with Crippen LogP contribution in [0.25, 0.3) is 0 Å². The number of carbonyl (C=O) groups excluding carboxylic acids is 1. The summed E-state index contributed by atoms with van der Waals surface area (Å²) in [7, 11) is 0. The van der Waals surface area contributed by atoms with Crippen molar-refractivity contribution in [2.24, 2.45) is 5.73 Å². The SMILES string of the molecule is CC(=O)NC(CN)C(F)(F)F. The molecule has 0 radical (unpaired) electrons. The van der Waals surface area contributed by atoms with Gasteiger partial charge < -0.3 is 11.1 Å². The maximum Gasteiger partial charge on any atom is 0.409 e. The maximum absolute atomic E-state index is 11.8. The van der Waals surface area contributed by atoms with E-state index in [1.54, 1.807) is 5.32 Å². The molecule has 1 atom stereocenters. The molecule has 3 N–H and O–H groups in total. The molecule has 0 aromatic carbocycles. The van der Waals surface area contributed by atoms with Crippen molar-refractivity contribution in [3.63, 3.8) is 0 Å². The smallest absolute Gasteiger partial charge is 0.344 e. The van der Waals surface area contributed by atoms with E-state index in [1.165, 1.54) is 0 Å². The Hall–Kier alpha value is -0.780. The molecule has 0 aromatic rings. The summed E-state index contributed by atoms with van der Waals surface area (Å²) in [6.07, 6.45) is -4.46. The minimum absolute atomic E-state index is 0.636. The number of hydrogen-bond donors (Lipinski definition) is 2. The predicted octanol–water partition coefficient (Wildman–Crippen LogP) is 0.0121. The largest absolute Gasteiger partial charge is 0.409 e. The molecular formula is C5H9F3N2O. The van der Waals surface area contributed by atoms with Gasteiger partial charge in [0.15, 0.2) is 0 Å². The van der Waals surface area contributed by atoms with Crippen LogP contribution in [0.3, 0.4) is 0 Å². The molecule has 11 heavy (non-hydrogen) atoms. The molecule has 0 saturated carbocycles. The average Bonchev–Trinajstić information content (AvgIpc) is 1.79. The Labute approximate surface area is 61.7 Å². The lowest BCUT2D eigenvalue weighted by atomic mass is 10.3. The van der Waals surface area contributed by atoms with Gasteiger partial charge in [0.25, 0.3) is 0 Å². The number of carbonyl (C=O) groups is 1. The third-order valence-electron chi connectivity index (χ3n) is 1.01. The summed E-state index contributed by atoms with van der Waals surface area (Å²) in [5.41, 5.74) is 4.77. The van der Waals surface area contributed by atoms with E-state index in [2.05, 4.69) is 0 Å². The van der Waals surface area contributed by atoms with Crippen LogP contribution in [-0.2, 0) is 4.79 Å². The van der Waals surface area contributed by atoms with Crippen molar-refractivity contribution in [3.8, 4) is 0 Å². The lowest BCUT2D eigenvalue weighted by Crippen LogP contribution is -2.49. The number of halogens is 3. The van der Waals surface area contributed by atoms with Gasteiger partial charge in [0, 0.05) is 13.5 Å². The molecule has 0 aliphatic rings. The zero-order valence-electron chi connectivity index (χ0n) is 5.90. The Bertz CT molecular complexity index is 145. The number of amides is 1. The van der Waals surface area contributed by atoms with Crippen LogP contribution < -0.4 is 11.1 Å². The molecule has 0 saturated heterocycles. The summed E-state index contributed by atoms with van der Waals surface area (Å²) >= 11 is 0. The van der Waals surface area contributed by atoms with Crippen molar-refractivity contribution in [1.82, 2.24) is 5.32 Å². The quantitative estimate of drug-likeness (QED) is 0.613. The number of nitrogens with one attached hydrogen (secondary N) is 1. The number of alkyl halides is 3. The first-order chi connectivity index (χ1) is 4.88. The first kappa shape index (κ1) is 10.2. The van der Waals surface area contributed by atoms with Crippen molar-refractivity contribution in [2.45, 2.75) is 19.1 Å². The van der Waals surface area contributed by atoms with Crippen LogP contribution in [-0.4, -0.2) is 24.7 Å². The zero-order chi connectivity index (χ0) is 9.07. The molecule has 0 rings (SSSR count). The van der Waals surface area contributed by atoms with E-state index in [4.69, 9.17) is 5.73 Å². The maximum atomic E-state index is 11.8. The van der Waals surface area contributed by atoms with E-state index in [9.17, 15) is 18.0 Å². The van der Waals surface area contributed by atoms with Gasteiger partial charge in [-0.05, 0) is 0 Å². The summed E-state index contributed by atoms with van der Waals surface area (Å²) in [6, 6.07) is -1.93. The Morgan fingerprint density at radius 2 is 2.09 bits per heavy atom. The summed E-state index contributed by atoms with van der Waals surface area (Å²) in [4.78, 5) is 10.2. The van der Waals surface area contributed by atoms with Crippen LogP contribution in [0.1, 0.15) is 6.92 Å². The van der Waals surface area contributed by atoms with Gasteiger partial charge in [-0.15, -0.1) is 0 Å². The molecule has 0 aliphatic carbocycles. The molecule has 3 nitrogen and oxygen atoms in total. The predicted molar refractivity (Wildman–Crippen MR) is 32.7 cm³/mol. The fourth-order valence-electron chi connectivity index (χ4n) is 0.520. The van der Waals surface area contributed by atoms with Gasteiger partial charge in [0.05, 0.1) is 0 Å². The fourth-order valence-corrected chi connectivity index (χ4v) is 0.520. The van der Waals surface area contributed by atoms with Gasteiger partial charge in [-0.1, -0.05) is 0 Å². The van der Waals surface area contributed by atoms with Gasteiger partial charge in [-0.3, -0.25) is 4.79 Å². The number of hydrogen-bond acceptors (Lipinski definition) is 2. The van der Waals surface area contributed by atoms with E-state index >= 15 is 0 Å². The molecule has 0 aliphatic heterocycles. The lowest BCUT2D eigenvalue weighted by molar-refractivity contribution is -0.159. The summed E-state index contributed by atoms with van der Waals surface area (Å²) < 4.78 is 35.4. The molecule has 0 aromatic heterocycles. The van der Waals surface area contributed by atoms with Gasteiger partial charge in [-0.2, -0.15) is 13.2 Å². The lowest BCUT2D eigenvalue weighted by Gasteiger charge is -2.18. The van der Waals surface area contributed by atoms with Crippen molar-refractivity contribution < 1.29 is 18.0 Å². The highest BCUT2D eigenvalue weighted by Crippen LogP contribution is 2.18. The molecule has 66 valence electrons. The monoisotopic (exact) mass is 170 g/mol. The molecular weight excluding hydrogens is 161 g/mol. The first-order valence-electron chi connectivity index (χ1n) is 2.91. The normalized spacial score (nSPS) is 14.3. The highest BCUT2D eigenvalue weighted by molar-refractivity contribution is 5.73. The van der Waals surface area contributed by atoms with E-state index < -0.39 is 24.7 Å². The first-order valence-corrected chi connectivity index (χ1v) is 2.91. The Morgan fingerprint density at radius 3 is 2.18 bits per heavy atom. The van der Waals surface area contributed by atoms with E-state index in [0.29, 0.717) is 0 Å². The average molecular weight is 170 g/mol. The third-order valence-corrected chi connectivity index (χ3v) is 1.01. The molecule has 0 fully saturated rings. The second kappa shape index (κ2) is 3.56. The Morgan fingerprint density at radius 1 is 1.64 bits per heavy atom. The van der Waals surface area contributed by atoms with Crippen LogP contribution in [0.5, 0.6) is 0 Å². The van der Waals surface area contributed by atoms with E-state index in [0.717, 1.165) is 6.92 Å². The summed E-state index contributed by atoms with van der Waals surface area (Å²) in [5.74, 6) is -0.738. The second-order valence-corrected chi connectivity index (χ2v) is 2.03. The minimum Gasteiger partial charge on any atom is -0.344 e. The fraction of sp³-hybridized carbons (Fsp3) is 0.800. The van der Waals surface area contributed by atoms with Gasteiger partial charge in [0.1, 0.15) is 6.04 Å². The van der Waals surface area contributed by atoms with E-state index in [1.807, 2.05) is 0 Å². The highest BCUT2D eigenvalue weighted by atomic mass is 19.4. The van der Waals surface area contributed by atoms with Crippen molar-refractivity contribution >= 4 is 5.91 Å². The Kier molecular flexibility index (Phi) is 3.31. The van der Waals surface area contributed by atoms with Crippen molar-refractivity contribution in [1.29, 1.82) is 0 Å². The van der Waals surface area contributed by atoms with Crippen molar-refractivity contribution in [3.05, 3.63) is 0 Å². The van der Waals surface area contributed by atoms with Crippen LogP contribution in [0, 0.1) is 0 Å². The van der Waals surface area contributed by atoms with Crippen LogP contribution in [0.4, 0.5) is 13.2 Å². The summed E-state index contributed by atoms with van der Waals surface area (Å²) in [5, 5.41) is 1.68. The highest BCUT2D eigenvalue weighted by Gasteiger charge is 2.38. The molecule has 6 heteroatoms. The van der Waals surface area contributed by atoms with E-state index in [-0.39, 0.29) is 0 Å². The van der Waals surface area contributed by atoms with Crippen molar-refractivity contribution in [2.75, 3.05) is 6.54 Å². The minimum atomic E-state index is -4.46. The third kappa shape index (κ3) is 3.82. The van der Waals surface area contributed by atoms with Crippen LogP contribution >= 0.6 is 0 Å². The zero-order valence-corrected chi connectivity index (χ0v) is 5.90. The van der Waals surface area contributed by atoms with Gasteiger partial charge in [0.2, 0.25) is 5.91 Å². The number of rotatable bonds is 2. The topological polar surface area (TPSA) is 55.1 Å². The molecule has 0 heterocycles. The summed E-state index contributed by atoms with van der Waals surface area (Å²) in [6.45, 7) is 0.373.